The molecule has 3 rings (SSSR count). The fourth-order valence-electron chi connectivity index (χ4n) is 4.00. The van der Waals surface area contributed by atoms with Crippen molar-refractivity contribution < 1.29 is 9.53 Å². The molecule has 1 aliphatic carbocycles. The Labute approximate surface area is 145 Å². The van der Waals surface area contributed by atoms with Crippen molar-refractivity contribution in [2.45, 2.75) is 44.6 Å². The van der Waals surface area contributed by atoms with Crippen molar-refractivity contribution in [2.24, 2.45) is 0 Å². The molecule has 130 valence electrons. The molecule has 4 heteroatoms. The number of hydrogen-bond donors (Lipinski definition) is 0. The van der Waals surface area contributed by atoms with Crippen molar-refractivity contribution >= 4 is 11.6 Å². The average Bonchev–Trinajstić information content (AvgIpc) is 3.14. The molecule has 0 unspecified atom stereocenters. The van der Waals surface area contributed by atoms with Crippen LogP contribution in [0, 0.1) is 0 Å². The van der Waals surface area contributed by atoms with E-state index in [9.17, 15) is 4.79 Å². The highest BCUT2D eigenvalue weighted by molar-refractivity contribution is 5.96. The molecule has 0 spiro atoms. The van der Waals surface area contributed by atoms with E-state index in [0.29, 0.717) is 12.6 Å². The van der Waals surface area contributed by atoms with Gasteiger partial charge in [0.15, 0.2) is 0 Å². The second kappa shape index (κ2) is 7.84. The van der Waals surface area contributed by atoms with Gasteiger partial charge in [-0.05, 0) is 49.4 Å². The highest BCUT2D eigenvalue weighted by atomic mass is 16.5. The summed E-state index contributed by atoms with van der Waals surface area (Å²) >= 11 is 0. The van der Waals surface area contributed by atoms with Crippen molar-refractivity contribution in [3.05, 3.63) is 36.4 Å². The lowest BCUT2D eigenvalue weighted by Crippen LogP contribution is -2.45. The molecule has 0 radical (unpaired) electrons. The molecule has 0 aromatic heterocycles. The maximum atomic E-state index is 13.0. The van der Waals surface area contributed by atoms with Crippen molar-refractivity contribution in [3.63, 3.8) is 0 Å². The van der Waals surface area contributed by atoms with Gasteiger partial charge in [-0.15, -0.1) is 6.58 Å². The van der Waals surface area contributed by atoms with Gasteiger partial charge in [0.05, 0.1) is 13.7 Å². The first-order chi connectivity index (χ1) is 11.7. The van der Waals surface area contributed by atoms with Crippen LogP contribution in [0.2, 0.25) is 0 Å². The van der Waals surface area contributed by atoms with Crippen molar-refractivity contribution in [1.82, 2.24) is 4.90 Å². The van der Waals surface area contributed by atoms with Crippen LogP contribution in [0.5, 0.6) is 5.75 Å². The standard InChI is InChI=1S/C20H28N2O2/c1-3-12-21(17-8-4-5-9-17)15-20(23)22-13-6-7-16-14-18(24-2)10-11-19(16)22/h3,10-11,14,17H,1,4-9,12-13,15H2,2H3. The highest BCUT2D eigenvalue weighted by Gasteiger charge is 2.28. The molecule has 0 N–H and O–H groups in total. The number of anilines is 1. The van der Waals surface area contributed by atoms with Gasteiger partial charge in [-0.25, -0.2) is 0 Å². The zero-order valence-electron chi connectivity index (χ0n) is 14.7. The molecule has 1 aromatic rings. The van der Waals surface area contributed by atoms with Gasteiger partial charge in [0.1, 0.15) is 5.75 Å². The monoisotopic (exact) mass is 328 g/mol. The predicted molar refractivity (Wildman–Crippen MR) is 97.7 cm³/mol. The summed E-state index contributed by atoms with van der Waals surface area (Å²) in [5.74, 6) is 1.07. The molecule has 1 saturated carbocycles. The molecule has 1 fully saturated rings. The van der Waals surface area contributed by atoms with Crippen LogP contribution in [-0.2, 0) is 11.2 Å². The van der Waals surface area contributed by atoms with E-state index in [4.69, 9.17) is 4.74 Å². The van der Waals surface area contributed by atoms with Gasteiger partial charge in [-0.3, -0.25) is 9.69 Å². The molecule has 0 bridgehead atoms. The molecule has 1 aliphatic heterocycles. The number of aryl methyl sites for hydroxylation is 1. The summed E-state index contributed by atoms with van der Waals surface area (Å²) in [5, 5.41) is 0. The van der Waals surface area contributed by atoms with E-state index < -0.39 is 0 Å². The van der Waals surface area contributed by atoms with E-state index in [1.165, 1.54) is 31.2 Å². The Balaban J connectivity index is 1.74. The summed E-state index contributed by atoms with van der Waals surface area (Å²) in [7, 11) is 1.68. The largest absolute Gasteiger partial charge is 0.497 e. The third kappa shape index (κ3) is 3.64. The molecule has 1 amide bonds. The fraction of sp³-hybridized carbons (Fsp3) is 0.550. The maximum absolute atomic E-state index is 13.0. The van der Waals surface area contributed by atoms with Gasteiger partial charge in [0.25, 0.3) is 0 Å². The number of carbonyl (C=O) groups is 1. The molecule has 24 heavy (non-hydrogen) atoms. The van der Waals surface area contributed by atoms with Gasteiger partial charge in [0, 0.05) is 24.8 Å². The first-order valence-electron chi connectivity index (χ1n) is 9.05. The summed E-state index contributed by atoms with van der Waals surface area (Å²) in [6, 6.07) is 6.57. The number of benzene rings is 1. The average molecular weight is 328 g/mol. The van der Waals surface area contributed by atoms with Crippen LogP contribution >= 0.6 is 0 Å². The van der Waals surface area contributed by atoms with E-state index >= 15 is 0 Å². The Morgan fingerprint density at radius 1 is 1.38 bits per heavy atom. The Bertz CT molecular complexity index is 593. The minimum absolute atomic E-state index is 0.204. The zero-order chi connectivity index (χ0) is 16.9. The van der Waals surface area contributed by atoms with Gasteiger partial charge >= 0.3 is 0 Å². The predicted octanol–water partition coefficient (Wildman–Crippen LogP) is 3.41. The Morgan fingerprint density at radius 3 is 2.88 bits per heavy atom. The topological polar surface area (TPSA) is 32.8 Å². The summed E-state index contributed by atoms with van der Waals surface area (Å²) in [6.45, 7) is 5.96. The van der Waals surface area contributed by atoms with Crippen molar-refractivity contribution in [3.8, 4) is 5.75 Å². The SMILES string of the molecule is C=CCN(CC(=O)N1CCCc2cc(OC)ccc21)C1CCCC1. The Morgan fingerprint density at radius 2 is 2.17 bits per heavy atom. The molecule has 1 heterocycles. The van der Waals surface area contributed by atoms with Crippen LogP contribution in [0.4, 0.5) is 5.69 Å². The van der Waals surface area contributed by atoms with Crippen molar-refractivity contribution in [1.29, 1.82) is 0 Å². The number of fused-ring (bicyclic) bond motifs is 1. The summed E-state index contributed by atoms with van der Waals surface area (Å²) in [5.41, 5.74) is 2.27. The van der Waals surface area contributed by atoms with Gasteiger partial charge in [-0.1, -0.05) is 18.9 Å². The number of methoxy groups -OCH3 is 1. The fourth-order valence-corrected chi connectivity index (χ4v) is 4.00. The van der Waals surface area contributed by atoms with Crippen LogP contribution in [0.3, 0.4) is 0 Å². The van der Waals surface area contributed by atoms with Crippen molar-refractivity contribution in [2.75, 3.05) is 31.6 Å². The molecular weight excluding hydrogens is 300 g/mol. The minimum Gasteiger partial charge on any atom is -0.497 e. The molecular formula is C20H28N2O2. The molecule has 0 saturated heterocycles. The lowest BCUT2D eigenvalue weighted by Gasteiger charge is -2.33. The molecule has 4 nitrogen and oxygen atoms in total. The van der Waals surface area contributed by atoms with Gasteiger partial charge in [-0.2, -0.15) is 0 Å². The number of carbonyl (C=O) groups excluding carboxylic acids is 1. The van der Waals surface area contributed by atoms with E-state index in [0.717, 1.165) is 37.4 Å². The third-order valence-corrected chi connectivity index (χ3v) is 5.25. The number of rotatable bonds is 6. The Kier molecular flexibility index (Phi) is 5.56. The van der Waals surface area contributed by atoms with Crippen LogP contribution in [0.25, 0.3) is 0 Å². The molecule has 1 aromatic carbocycles. The van der Waals surface area contributed by atoms with Crippen LogP contribution in [-0.4, -0.2) is 43.6 Å². The third-order valence-electron chi connectivity index (χ3n) is 5.25. The van der Waals surface area contributed by atoms with E-state index in [2.05, 4.69) is 17.5 Å². The van der Waals surface area contributed by atoms with E-state index in [1.54, 1.807) is 7.11 Å². The zero-order valence-corrected chi connectivity index (χ0v) is 14.7. The lowest BCUT2D eigenvalue weighted by molar-refractivity contribution is -0.120. The van der Waals surface area contributed by atoms with Crippen LogP contribution in [0.15, 0.2) is 30.9 Å². The molecule has 0 atom stereocenters. The number of ether oxygens (including phenoxy) is 1. The smallest absolute Gasteiger partial charge is 0.241 e. The second-order valence-corrected chi connectivity index (χ2v) is 6.80. The molecule has 2 aliphatic rings. The summed E-state index contributed by atoms with van der Waals surface area (Å²) in [4.78, 5) is 17.2. The highest BCUT2D eigenvalue weighted by Crippen LogP contribution is 2.31. The minimum atomic E-state index is 0.204. The number of nitrogens with zero attached hydrogens (tertiary/aromatic N) is 2. The number of hydrogen-bond acceptors (Lipinski definition) is 3. The van der Waals surface area contributed by atoms with E-state index in [-0.39, 0.29) is 5.91 Å². The lowest BCUT2D eigenvalue weighted by atomic mass is 10.0. The maximum Gasteiger partial charge on any atom is 0.241 e. The van der Waals surface area contributed by atoms with Gasteiger partial charge in [0.2, 0.25) is 5.91 Å². The summed E-state index contributed by atoms with van der Waals surface area (Å²) < 4.78 is 5.32. The Hall–Kier alpha value is -1.81. The quantitative estimate of drug-likeness (QED) is 0.750. The van der Waals surface area contributed by atoms with Crippen LogP contribution < -0.4 is 9.64 Å². The normalized spacial score (nSPS) is 17.8. The number of amides is 1. The first kappa shape index (κ1) is 17.0. The van der Waals surface area contributed by atoms with Crippen LogP contribution in [0.1, 0.15) is 37.7 Å². The second-order valence-electron chi connectivity index (χ2n) is 6.80. The van der Waals surface area contributed by atoms with Gasteiger partial charge < -0.3 is 9.64 Å². The first-order valence-corrected chi connectivity index (χ1v) is 9.05. The summed E-state index contributed by atoms with van der Waals surface area (Å²) in [6.07, 6.45) is 8.90. The van der Waals surface area contributed by atoms with E-state index in [1.807, 2.05) is 23.1 Å².